The van der Waals surface area contributed by atoms with Crippen molar-refractivity contribution in [1.82, 2.24) is 19.9 Å². The molecule has 2 aromatic rings. The van der Waals surface area contributed by atoms with E-state index in [1.807, 2.05) is 29.8 Å². The molecule has 0 aliphatic rings. The highest BCUT2D eigenvalue weighted by Crippen LogP contribution is 2.16. The third-order valence-corrected chi connectivity index (χ3v) is 3.53. The zero-order chi connectivity index (χ0) is 15.1. The number of imidazole rings is 1. The van der Waals surface area contributed by atoms with Crippen molar-refractivity contribution in [2.24, 2.45) is 0 Å². The first kappa shape index (κ1) is 15.4. The summed E-state index contributed by atoms with van der Waals surface area (Å²) >= 11 is 1.67. The molecule has 2 rings (SSSR count). The molecule has 1 atom stereocenters. The van der Waals surface area contributed by atoms with E-state index in [-0.39, 0.29) is 12.1 Å². The van der Waals surface area contributed by atoms with Crippen molar-refractivity contribution in [2.45, 2.75) is 31.5 Å². The molecule has 6 nitrogen and oxygen atoms in total. The van der Waals surface area contributed by atoms with Crippen molar-refractivity contribution >= 4 is 23.5 Å². The van der Waals surface area contributed by atoms with Crippen LogP contribution in [0.3, 0.4) is 0 Å². The normalized spacial score (nSPS) is 11.9. The number of urea groups is 1. The lowest BCUT2D eigenvalue weighted by molar-refractivity contribution is 0.248. The second kappa shape index (κ2) is 7.68. The summed E-state index contributed by atoms with van der Waals surface area (Å²) in [5.74, 6) is 0.978. The highest BCUT2D eigenvalue weighted by molar-refractivity contribution is 7.99. The zero-order valence-electron chi connectivity index (χ0n) is 12.1. The maximum Gasteiger partial charge on any atom is 0.319 e. The molecule has 0 aliphatic carbocycles. The van der Waals surface area contributed by atoms with Crippen LogP contribution in [-0.4, -0.2) is 32.4 Å². The Kier molecular flexibility index (Phi) is 5.62. The number of carbonyl (C=O) groups excluding carboxylic acids is 1. The van der Waals surface area contributed by atoms with Gasteiger partial charge in [-0.05, 0) is 24.8 Å². The Morgan fingerprint density at radius 2 is 2.33 bits per heavy atom. The SMILES string of the molecule is CCSc1ccc(NC(=O)N[C@@H](C)Cn2ccnc2)cn1. The molecule has 7 heteroatoms. The van der Waals surface area contributed by atoms with E-state index in [0.29, 0.717) is 12.2 Å². The highest BCUT2D eigenvalue weighted by Gasteiger charge is 2.08. The van der Waals surface area contributed by atoms with E-state index in [1.165, 1.54) is 0 Å². The number of nitrogens with one attached hydrogen (secondary N) is 2. The first-order valence-electron chi connectivity index (χ1n) is 6.79. The van der Waals surface area contributed by atoms with E-state index in [9.17, 15) is 4.79 Å². The van der Waals surface area contributed by atoms with Crippen molar-refractivity contribution in [2.75, 3.05) is 11.1 Å². The van der Waals surface area contributed by atoms with Gasteiger partial charge in [-0.15, -0.1) is 11.8 Å². The Bertz CT molecular complexity index is 555. The van der Waals surface area contributed by atoms with Gasteiger partial charge in [0.05, 0.1) is 23.2 Å². The van der Waals surface area contributed by atoms with Gasteiger partial charge in [-0.3, -0.25) is 0 Å². The van der Waals surface area contributed by atoms with E-state index >= 15 is 0 Å². The van der Waals surface area contributed by atoms with Crippen LogP contribution >= 0.6 is 11.8 Å². The van der Waals surface area contributed by atoms with E-state index in [1.54, 1.807) is 30.5 Å². The fourth-order valence-electron chi connectivity index (χ4n) is 1.84. The third kappa shape index (κ3) is 5.11. The largest absolute Gasteiger partial charge is 0.335 e. The van der Waals surface area contributed by atoms with Gasteiger partial charge in [0.2, 0.25) is 0 Å². The molecule has 2 heterocycles. The molecule has 0 aliphatic heterocycles. The first-order valence-corrected chi connectivity index (χ1v) is 7.78. The van der Waals surface area contributed by atoms with Crippen LogP contribution in [0.5, 0.6) is 0 Å². The van der Waals surface area contributed by atoms with Crippen molar-refractivity contribution < 1.29 is 4.79 Å². The Morgan fingerprint density at radius 3 is 2.95 bits per heavy atom. The lowest BCUT2D eigenvalue weighted by atomic mass is 10.3. The molecule has 0 saturated carbocycles. The van der Waals surface area contributed by atoms with E-state index < -0.39 is 0 Å². The number of thioether (sulfide) groups is 1. The number of anilines is 1. The minimum absolute atomic E-state index is 0.00193. The minimum Gasteiger partial charge on any atom is -0.335 e. The molecule has 0 radical (unpaired) electrons. The second-order valence-electron chi connectivity index (χ2n) is 4.58. The topological polar surface area (TPSA) is 71.8 Å². The third-order valence-electron chi connectivity index (χ3n) is 2.71. The van der Waals surface area contributed by atoms with Gasteiger partial charge in [0, 0.05) is 25.0 Å². The molecule has 0 saturated heterocycles. The van der Waals surface area contributed by atoms with Crippen LogP contribution in [0.25, 0.3) is 0 Å². The molecule has 112 valence electrons. The maximum absolute atomic E-state index is 11.9. The van der Waals surface area contributed by atoms with Gasteiger partial charge in [0.15, 0.2) is 0 Å². The minimum atomic E-state index is -0.236. The molecular weight excluding hydrogens is 286 g/mol. The predicted octanol–water partition coefficient (Wildman–Crippen LogP) is 2.60. The molecule has 0 spiro atoms. The molecule has 21 heavy (non-hydrogen) atoms. The van der Waals surface area contributed by atoms with Gasteiger partial charge in [0.25, 0.3) is 0 Å². The van der Waals surface area contributed by atoms with Crippen LogP contribution in [0.1, 0.15) is 13.8 Å². The molecule has 0 fully saturated rings. The molecule has 0 unspecified atom stereocenters. The lowest BCUT2D eigenvalue weighted by Crippen LogP contribution is -2.38. The predicted molar refractivity (Wildman–Crippen MR) is 84.5 cm³/mol. The van der Waals surface area contributed by atoms with Gasteiger partial charge in [-0.1, -0.05) is 6.92 Å². The average Bonchev–Trinajstić information content (AvgIpc) is 2.93. The Hall–Kier alpha value is -2.02. The van der Waals surface area contributed by atoms with E-state index in [0.717, 1.165) is 10.8 Å². The van der Waals surface area contributed by atoms with Crippen molar-refractivity contribution in [3.8, 4) is 0 Å². The fraction of sp³-hybridized carbons (Fsp3) is 0.357. The van der Waals surface area contributed by atoms with Crippen molar-refractivity contribution in [3.05, 3.63) is 37.1 Å². The lowest BCUT2D eigenvalue weighted by Gasteiger charge is -2.15. The van der Waals surface area contributed by atoms with Gasteiger partial charge >= 0.3 is 6.03 Å². The Balaban J connectivity index is 1.80. The summed E-state index contributed by atoms with van der Waals surface area (Å²) < 4.78 is 1.92. The first-order chi connectivity index (χ1) is 10.2. The van der Waals surface area contributed by atoms with Gasteiger partial charge < -0.3 is 15.2 Å². The quantitative estimate of drug-likeness (QED) is 0.805. The fourth-order valence-corrected chi connectivity index (χ4v) is 2.42. The molecule has 2 amide bonds. The summed E-state index contributed by atoms with van der Waals surface area (Å²) in [6.07, 6.45) is 6.97. The van der Waals surface area contributed by atoms with Crippen molar-refractivity contribution in [1.29, 1.82) is 0 Å². The number of hydrogen-bond donors (Lipinski definition) is 2. The average molecular weight is 305 g/mol. The monoisotopic (exact) mass is 305 g/mol. The second-order valence-corrected chi connectivity index (χ2v) is 5.86. The molecule has 2 N–H and O–H groups in total. The zero-order valence-corrected chi connectivity index (χ0v) is 12.9. The smallest absolute Gasteiger partial charge is 0.319 e. The van der Waals surface area contributed by atoms with Crippen LogP contribution < -0.4 is 10.6 Å². The molecule has 0 bridgehead atoms. The number of amides is 2. The van der Waals surface area contributed by atoms with Crippen LogP contribution in [0.4, 0.5) is 10.5 Å². The summed E-state index contributed by atoms with van der Waals surface area (Å²) in [5, 5.41) is 6.61. The van der Waals surface area contributed by atoms with Crippen LogP contribution in [-0.2, 0) is 6.54 Å². The summed E-state index contributed by atoms with van der Waals surface area (Å²) in [6, 6.07) is 3.52. The van der Waals surface area contributed by atoms with E-state index in [4.69, 9.17) is 0 Å². The molecule has 2 aromatic heterocycles. The standard InChI is InChI=1S/C14H19N5OS/c1-3-21-13-5-4-12(8-16-13)18-14(20)17-11(2)9-19-7-6-15-10-19/h4-8,10-11H,3,9H2,1-2H3,(H2,17,18,20)/t11-/m0/s1. The molecule has 0 aromatic carbocycles. The number of rotatable bonds is 6. The van der Waals surface area contributed by atoms with Gasteiger partial charge in [0.1, 0.15) is 0 Å². The van der Waals surface area contributed by atoms with Gasteiger partial charge in [-0.25, -0.2) is 14.8 Å². The number of pyridine rings is 1. The summed E-state index contributed by atoms with van der Waals surface area (Å²) in [7, 11) is 0. The van der Waals surface area contributed by atoms with Crippen LogP contribution in [0.2, 0.25) is 0 Å². The highest BCUT2D eigenvalue weighted by atomic mass is 32.2. The number of nitrogens with zero attached hydrogens (tertiary/aromatic N) is 3. The number of carbonyl (C=O) groups is 1. The van der Waals surface area contributed by atoms with Crippen LogP contribution in [0, 0.1) is 0 Å². The molecular formula is C14H19N5OS. The van der Waals surface area contributed by atoms with Crippen LogP contribution in [0.15, 0.2) is 42.1 Å². The maximum atomic E-state index is 11.9. The van der Waals surface area contributed by atoms with Gasteiger partial charge in [-0.2, -0.15) is 0 Å². The number of hydrogen-bond acceptors (Lipinski definition) is 4. The summed E-state index contributed by atoms with van der Waals surface area (Å²) in [5.41, 5.74) is 0.683. The summed E-state index contributed by atoms with van der Waals surface area (Å²) in [6.45, 7) is 4.70. The van der Waals surface area contributed by atoms with Crippen molar-refractivity contribution in [3.63, 3.8) is 0 Å². The van der Waals surface area contributed by atoms with E-state index in [2.05, 4.69) is 27.5 Å². The Labute approximate surface area is 128 Å². The number of aromatic nitrogens is 3. The Morgan fingerprint density at radius 1 is 1.48 bits per heavy atom. The summed E-state index contributed by atoms with van der Waals surface area (Å²) in [4.78, 5) is 20.1.